The number of fused-ring (bicyclic) bond motifs is 2. The van der Waals surface area contributed by atoms with Crippen molar-refractivity contribution in [2.75, 3.05) is 7.11 Å². The lowest BCUT2D eigenvalue weighted by Gasteiger charge is -2.48. The van der Waals surface area contributed by atoms with Gasteiger partial charge in [-0.15, -0.1) is 11.8 Å². The van der Waals surface area contributed by atoms with Crippen LogP contribution in [0.15, 0.2) is 65.6 Å². The highest BCUT2D eigenvalue weighted by molar-refractivity contribution is 8.01. The van der Waals surface area contributed by atoms with Gasteiger partial charge in [-0.1, -0.05) is 42.5 Å². The topological polar surface area (TPSA) is 52.6 Å². The second kappa shape index (κ2) is 7.83. The fraction of sp³-hybridized carbons (Fsp3) is 0.333. The summed E-state index contributed by atoms with van der Waals surface area (Å²) in [5.74, 6) is -0.138. The van der Waals surface area contributed by atoms with Crippen LogP contribution in [0.5, 0.6) is 5.75 Å². The van der Waals surface area contributed by atoms with Crippen LogP contribution in [0, 0.1) is 5.92 Å². The van der Waals surface area contributed by atoms with Crippen molar-refractivity contribution >= 4 is 31.6 Å². The van der Waals surface area contributed by atoms with E-state index >= 15 is 0 Å². The van der Waals surface area contributed by atoms with Crippen molar-refractivity contribution < 1.29 is 18.8 Å². The molecule has 4 rings (SSSR count). The SMILES string of the molecule is COc1cccc2c1C(=O)[C@@]1(Sc3ccccc3)[C@@H](O[Si](C)(C)C)C=CC[C@H]1C2=O. The molecule has 0 fully saturated rings. The fourth-order valence-electron chi connectivity index (χ4n) is 4.33. The Bertz CT molecular complexity index is 1010. The van der Waals surface area contributed by atoms with Crippen LogP contribution >= 0.6 is 11.8 Å². The molecule has 4 nitrogen and oxygen atoms in total. The molecule has 156 valence electrons. The molecule has 30 heavy (non-hydrogen) atoms. The third-order valence-electron chi connectivity index (χ3n) is 5.54. The molecule has 3 atom stereocenters. The van der Waals surface area contributed by atoms with E-state index in [-0.39, 0.29) is 11.6 Å². The van der Waals surface area contributed by atoms with E-state index in [1.807, 2.05) is 42.5 Å². The molecule has 0 unspecified atom stereocenters. The van der Waals surface area contributed by atoms with E-state index in [1.165, 1.54) is 18.9 Å². The Balaban J connectivity index is 1.95. The first-order chi connectivity index (χ1) is 14.3. The molecule has 0 bridgehead atoms. The lowest BCUT2D eigenvalue weighted by molar-refractivity contribution is 0.0629. The van der Waals surface area contributed by atoms with Gasteiger partial charge in [-0.05, 0) is 44.3 Å². The van der Waals surface area contributed by atoms with Crippen LogP contribution in [0.25, 0.3) is 0 Å². The number of hydrogen-bond donors (Lipinski definition) is 0. The summed E-state index contributed by atoms with van der Waals surface area (Å²) in [7, 11) is -0.475. The third-order valence-corrected chi connectivity index (χ3v) is 8.05. The number of Topliss-reactive ketones (excluding diaryl/α,β-unsaturated/α-hetero) is 2. The summed E-state index contributed by atoms with van der Waals surface area (Å²) in [6.45, 7) is 6.32. The third kappa shape index (κ3) is 3.47. The fourth-order valence-corrected chi connectivity index (χ4v) is 6.91. The molecule has 2 aliphatic carbocycles. The van der Waals surface area contributed by atoms with Crippen molar-refractivity contribution in [3.63, 3.8) is 0 Å². The largest absolute Gasteiger partial charge is 0.496 e. The van der Waals surface area contributed by atoms with Crippen LogP contribution in [0.4, 0.5) is 0 Å². The smallest absolute Gasteiger partial charge is 0.187 e. The van der Waals surface area contributed by atoms with Gasteiger partial charge in [0.1, 0.15) is 10.5 Å². The maximum atomic E-state index is 14.2. The maximum Gasteiger partial charge on any atom is 0.187 e. The Hall–Kier alpha value is -2.15. The van der Waals surface area contributed by atoms with E-state index in [9.17, 15) is 9.59 Å². The quantitative estimate of drug-likeness (QED) is 0.462. The van der Waals surface area contributed by atoms with Crippen LogP contribution in [0.2, 0.25) is 19.6 Å². The van der Waals surface area contributed by atoms with Crippen molar-refractivity contribution in [3.05, 3.63) is 71.8 Å². The Morgan fingerprint density at radius 2 is 1.77 bits per heavy atom. The minimum absolute atomic E-state index is 0.0135. The van der Waals surface area contributed by atoms with E-state index in [1.54, 1.807) is 18.2 Å². The van der Waals surface area contributed by atoms with Crippen LogP contribution in [-0.2, 0) is 4.43 Å². The van der Waals surface area contributed by atoms with E-state index < -0.39 is 25.1 Å². The number of carbonyl (C=O) groups is 2. The number of hydrogen-bond acceptors (Lipinski definition) is 5. The maximum absolute atomic E-state index is 14.2. The summed E-state index contributed by atoms with van der Waals surface area (Å²) < 4.78 is 11.0. The van der Waals surface area contributed by atoms with Crippen molar-refractivity contribution in [1.29, 1.82) is 0 Å². The Kier molecular flexibility index (Phi) is 5.51. The monoisotopic (exact) mass is 438 g/mol. The Morgan fingerprint density at radius 3 is 2.43 bits per heavy atom. The molecular formula is C24H26O4SSi. The minimum Gasteiger partial charge on any atom is -0.496 e. The number of benzene rings is 2. The van der Waals surface area contributed by atoms with Gasteiger partial charge >= 0.3 is 0 Å². The average molecular weight is 439 g/mol. The van der Waals surface area contributed by atoms with Crippen LogP contribution < -0.4 is 4.74 Å². The molecule has 0 heterocycles. The predicted octanol–water partition coefficient (Wildman–Crippen LogP) is 5.40. The van der Waals surface area contributed by atoms with E-state index in [2.05, 4.69) is 19.6 Å². The van der Waals surface area contributed by atoms with Gasteiger partial charge in [0.15, 0.2) is 19.9 Å². The first-order valence-corrected chi connectivity index (χ1v) is 14.3. The van der Waals surface area contributed by atoms with E-state index in [0.29, 0.717) is 23.3 Å². The number of carbonyl (C=O) groups excluding carboxylic acids is 2. The van der Waals surface area contributed by atoms with Gasteiger partial charge in [-0.25, -0.2) is 0 Å². The number of rotatable bonds is 5. The first-order valence-electron chi connectivity index (χ1n) is 10.1. The predicted molar refractivity (Wildman–Crippen MR) is 122 cm³/mol. The molecular weight excluding hydrogens is 412 g/mol. The standard InChI is InChI=1S/C24H26O4SSi/c1-27-19-14-8-12-17-21(19)23(26)24(29-16-10-6-5-7-11-16)18(22(17)25)13-9-15-20(24)28-30(2,3)4/h5-12,14-15,18,20H,13H2,1-4H3/t18-,20-,24-/m0/s1. The van der Waals surface area contributed by atoms with Crippen LogP contribution in [0.1, 0.15) is 27.1 Å². The molecule has 0 aliphatic heterocycles. The second-order valence-corrected chi connectivity index (χ2v) is 14.5. The van der Waals surface area contributed by atoms with Crippen molar-refractivity contribution in [3.8, 4) is 5.75 Å². The summed E-state index contributed by atoms with van der Waals surface area (Å²) in [5, 5.41) is 0. The van der Waals surface area contributed by atoms with Gasteiger partial charge in [0.05, 0.1) is 24.7 Å². The van der Waals surface area contributed by atoms with Gasteiger partial charge in [0, 0.05) is 10.5 Å². The highest BCUT2D eigenvalue weighted by atomic mass is 32.2. The van der Waals surface area contributed by atoms with Crippen LogP contribution in [0.3, 0.4) is 0 Å². The molecule has 0 radical (unpaired) electrons. The molecule has 0 saturated heterocycles. The highest BCUT2D eigenvalue weighted by Crippen LogP contribution is 2.54. The summed E-state index contributed by atoms with van der Waals surface area (Å²) in [6.07, 6.45) is 4.01. The summed E-state index contributed by atoms with van der Waals surface area (Å²) >= 11 is 1.46. The number of methoxy groups -OCH3 is 1. The number of ketones is 2. The zero-order chi connectivity index (χ0) is 21.5. The normalized spacial score (nSPS) is 25.6. The molecule has 2 aromatic rings. The van der Waals surface area contributed by atoms with Crippen molar-refractivity contribution in [2.24, 2.45) is 5.92 Å². The van der Waals surface area contributed by atoms with Gasteiger partial charge in [0.25, 0.3) is 0 Å². The van der Waals surface area contributed by atoms with Gasteiger partial charge < -0.3 is 9.16 Å². The highest BCUT2D eigenvalue weighted by Gasteiger charge is 2.60. The van der Waals surface area contributed by atoms with E-state index in [4.69, 9.17) is 9.16 Å². The number of allylic oxidation sites excluding steroid dienone is 1. The van der Waals surface area contributed by atoms with Gasteiger partial charge in [-0.3, -0.25) is 9.59 Å². The molecule has 0 spiro atoms. The molecule has 0 N–H and O–H groups in total. The number of thioether (sulfide) groups is 1. The summed E-state index contributed by atoms with van der Waals surface area (Å²) in [4.78, 5) is 28.9. The Morgan fingerprint density at radius 1 is 1.03 bits per heavy atom. The van der Waals surface area contributed by atoms with Crippen LogP contribution in [-0.4, -0.2) is 37.8 Å². The van der Waals surface area contributed by atoms with Crippen molar-refractivity contribution in [1.82, 2.24) is 0 Å². The summed E-state index contributed by atoms with van der Waals surface area (Å²) in [6, 6.07) is 15.1. The van der Waals surface area contributed by atoms with Gasteiger partial charge in [-0.2, -0.15) is 0 Å². The molecule has 0 amide bonds. The molecule has 2 aromatic carbocycles. The lowest BCUT2D eigenvalue weighted by atomic mass is 9.67. The minimum atomic E-state index is -2.01. The van der Waals surface area contributed by atoms with Crippen molar-refractivity contribution in [2.45, 2.75) is 41.8 Å². The first kappa shape index (κ1) is 21.1. The number of ether oxygens (including phenoxy) is 1. The molecule has 0 aromatic heterocycles. The molecule has 6 heteroatoms. The van der Waals surface area contributed by atoms with E-state index in [0.717, 1.165) is 4.90 Å². The molecule has 2 aliphatic rings. The zero-order valence-corrected chi connectivity index (χ0v) is 19.5. The molecule has 0 saturated carbocycles. The summed E-state index contributed by atoms with van der Waals surface area (Å²) in [5.41, 5.74) is 0.833. The second-order valence-electron chi connectivity index (χ2n) is 8.65. The van der Waals surface area contributed by atoms with Gasteiger partial charge in [0.2, 0.25) is 0 Å². The lowest BCUT2D eigenvalue weighted by Crippen LogP contribution is -2.61. The zero-order valence-electron chi connectivity index (χ0n) is 17.7. The Labute approximate surface area is 182 Å². The average Bonchev–Trinajstić information content (AvgIpc) is 2.72.